The van der Waals surface area contributed by atoms with Gasteiger partial charge in [-0.15, -0.1) is 20.4 Å². The average Bonchev–Trinajstić information content (AvgIpc) is 3.34. The Morgan fingerprint density at radius 1 is 1.00 bits per heavy atom. The minimum atomic E-state index is 0.510. The normalized spacial score (nSPS) is 11.5. The molecule has 0 spiro atoms. The smallest absolute Gasteiger partial charge is 0.247 e. The monoisotopic (exact) mass is 451 g/mol. The Labute approximate surface area is 173 Å². The molecular weight excluding hydrogens is 438 g/mol. The van der Waals surface area contributed by atoms with Crippen molar-refractivity contribution in [2.75, 3.05) is 0 Å². The molecule has 0 fully saturated rings. The zero-order valence-corrected chi connectivity index (χ0v) is 17.2. The van der Waals surface area contributed by atoms with E-state index in [2.05, 4.69) is 65.8 Å². The first-order valence-electron chi connectivity index (χ1n) is 8.63. The molecule has 0 amide bonds. The number of aromatic nitrogens is 5. The second-order valence-electron chi connectivity index (χ2n) is 6.32. The number of thioether (sulfide) groups is 1. The highest BCUT2D eigenvalue weighted by atomic mass is 79.9. The Balaban J connectivity index is 1.44. The van der Waals surface area contributed by atoms with Crippen LogP contribution in [0.25, 0.3) is 28.0 Å². The van der Waals surface area contributed by atoms with Crippen molar-refractivity contribution in [2.45, 2.75) is 17.8 Å². The molecule has 138 valence electrons. The molecule has 2 aromatic carbocycles. The number of hydrogen-bond acceptors (Lipinski definition) is 6. The van der Waals surface area contributed by atoms with Gasteiger partial charge in [0.15, 0.2) is 10.8 Å². The van der Waals surface area contributed by atoms with Crippen LogP contribution in [0.4, 0.5) is 0 Å². The molecule has 0 unspecified atom stereocenters. The molecule has 0 saturated heterocycles. The number of benzene rings is 2. The standard InChI is InChI=1S/C20H14BrN5OS/c1-12-10-17-22-25-20(26(17)16-5-3-2-4-15(12)16)28-11-18-23-24-19(27-18)13-6-8-14(21)9-7-13/h2-10H,11H2,1H3. The van der Waals surface area contributed by atoms with E-state index in [-0.39, 0.29) is 0 Å². The van der Waals surface area contributed by atoms with Gasteiger partial charge in [0.2, 0.25) is 11.8 Å². The maximum atomic E-state index is 5.81. The Hall–Kier alpha value is -2.71. The van der Waals surface area contributed by atoms with Crippen molar-refractivity contribution in [1.82, 2.24) is 24.8 Å². The van der Waals surface area contributed by atoms with Crippen LogP contribution in [0.15, 0.2) is 68.6 Å². The minimum absolute atomic E-state index is 0.510. The molecule has 6 nitrogen and oxygen atoms in total. The molecule has 0 radical (unpaired) electrons. The van der Waals surface area contributed by atoms with Gasteiger partial charge in [0, 0.05) is 15.4 Å². The quantitative estimate of drug-likeness (QED) is 0.345. The molecule has 5 rings (SSSR count). The van der Waals surface area contributed by atoms with Gasteiger partial charge in [0.05, 0.1) is 11.3 Å². The molecule has 3 heterocycles. The third-order valence-corrected chi connectivity index (χ3v) is 5.90. The number of rotatable bonds is 4. The van der Waals surface area contributed by atoms with E-state index in [1.165, 1.54) is 22.7 Å². The predicted molar refractivity (Wildman–Crippen MR) is 112 cm³/mol. The molecule has 28 heavy (non-hydrogen) atoms. The fourth-order valence-corrected chi connectivity index (χ4v) is 4.17. The lowest BCUT2D eigenvalue weighted by Crippen LogP contribution is -1.93. The van der Waals surface area contributed by atoms with E-state index in [4.69, 9.17) is 4.42 Å². The predicted octanol–water partition coefficient (Wildman–Crippen LogP) is 5.30. The van der Waals surface area contributed by atoms with Crippen LogP contribution in [0.2, 0.25) is 0 Å². The minimum Gasteiger partial charge on any atom is -0.420 e. The molecular formula is C20H14BrN5OS. The first-order chi connectivity index (χ1) is 13.7. The summed E-state index contributed by atoms with van der Waals surface area (Å²) in [4.78, 5) is 0. The van der Waals surface area contributed by atoms with E-state index < -0.39 is 0 Å². The third-order valence-electron chi connectivity index (χ3n) is 4.46. The van der Waals surface area contributed by atoms with Gasteiger partial charge in [-0.25, -0.2) is 0 Å². The van der Waals surface area contributed by atoms with Gasteiger partial charge in [-0.3, -0.25) is 4.40 Å². The van der Waals surface area contributed by atoms with E-state index in [0.29, 0.717) is 17.5 Å². The van der Waals surface area contributed by atoms with Gasteiger partial charge in [-0.05, 0) is 48.9 Å². The van der Waals surface area contributed by atoms with Gasteiger partial charge < -0.3 is 4.42 Å². The van der Waals surface area contributed by atoms with Crippen LogP contribution in [0.3, 0.4) is 0 Å². The van der Waals surface area contributed by atoms with Gasteiger partial charge in [0.1, 0.15) is 0 Å². The number of nitrogens with zero attached hydrogens (tertiary/aromatic N) is 5. The largest absolute Gasteiger partial charge is 0.420 e. The van der Waals surface area contributed by atoms with Crippen molar-refractivity contribution < 1.29 is 4.42 Å². The highest BCUT2D eigenvalue weighted by molar-refractivity contribution is 9.10. The molecule has 0 aliphatic heterocycles. The van der Waals surface area contributed by atoms with Crippen LogP contribution < -0.4 is 0 Å². The zero-order valence-electron chi connectivity index (χ0n) is 14.8. The number of halogens is 1. The summed E-state index contributed by atoms with van der Waals surface area (Å²) in [7, 11) is 0. The van der Waals surface area contributed by atoms with Crippen molar-refractivity contribution >= 4 is 44.2 Å². The highest BCUT2D eigenvalue weighted by Crippen LogP contribution is 2.28. The van der Waals surface area contributed by atoms with Crippen molar-refractivity contribution in [1.29, 1.82) is 0 Å². The molecule has 0 aliphatic carbocycles. The Morgan fingerprint density at radius 3 is 2.68 bits per heavy atom. The number of pyridine rings is 1. The molecule has 5 aromatic rings. The summed E-state index contributed by atoms with van der Waals surface area (Å²) in [5.74, 6) is 1.58. The summed E-state index contributed by atoms with van der Waals surface area (Å²) in [6.07, 6.45) is 0. The van der Waals surface area contributed by atoms with E-state index in [1.54, 1.807) is 0 Å². The summed E-state index contributed by atoms with van der Waals surface area (Å²) in [5.41, 5.74) is 4.00. The van der Waals surface area contributed by atoms with Gasteiger partial charge in [-0.2, -0.15) is 0 Å². The number of para-hydroxylation sites is 1. The van der Waals surface area contributed by atoms with Gasteiger partial charge in [-0.1, -0.05) is 45.9 Å². The fourth-order valence-electron chi connectivity index (χ4n) is 3.12. The lowest BCUT2D eigenvalue weighted by Gasteiger charge is -2.06. The van der Waals surface area contributed by atoms with Crippen molar-refractivity contribution in [3.63, 3.8) is 0 Å². The second-order valence-corrected chi connectivity index (χ2v) is 8.18. The van der Waals surface area contributed by atoms with Crippen molar-refractivity contribution in [3.05, 3.63) is 70.5 Å². The zero-order chi connectivity index (χ0) is 19.1. The van der Waals surface area contributed by atoms with Crippen LogP contribution in [0.5, 0.6) is 0 Å². The first kappa shape index (κ1) is 17.4. The van der Waals surface area contributed by atoms with Crippen LogP contribution in [0.1, 0.15) is 11.5 Å². The molecule has 0 aliphatic rings. The number of aryl methyl sites for hydroxylation is 1. The Kier molecular flexibility index (Phi) is 4.37. The lowest BCUT2D eigenvalue weighted by molar-refractivity contribution is 0.528. The molecule has 3 aromatic heterocycles. The Morgan fingerprint density at radius 2 is 1.82 bits per heavy atom. The molecule has 0 saturated carbocycles. The number of fused-ring (bicyclic) bond motifs is 3. The van der Waals surface area contributed by atoms with Crippen LogP contribution in [-0.2, 0) is 5.75 Å². The molecule has 8 heteroatoms. The third kappa shape index (κ3) is 3.08. The lowest BCUT2D eigenvalue weighted by atomic mass is 10.1. The van der Waals surface area contributed by atoms with Crippen LogP contribution in [-0.4, -0.2) is 24.8 Å². The Bertz CT molecular complexity index is 1300. The summed E-state index contributed by atoms with van der Waals surface area (Å²) < 4.78 is 8.89. The SMILES string of the molecule is Cc1cc2nnc(SCc3nnc(-c4ccc(Br)cc4)o3)n2c2ccccc12. The van der Waals surface area contributed by atoms with Gasteiger partial charge >= 0.3 is 0 Å². The number of hydrogen-bond donors (Lipinski definition) is 0. The van der Waals surface area contributed by atoms with Gasteiger partial charge in [0.25, 0.3) is 0 Å². The summed E-state index contributed by atoms with van der Waals surface area (Å²) >= 11 is 4.95. The van der Waals surface area contributed by atoms with Crippen molar-refractivity contribution in [3.8, 4) is 11.5 Å². The molecule has 0 atom stereocenters. The van der Waals surface area contributed by atoms with Crippen LogP contribution >= 0.6 is 27.7 Å². The molecule has 0 N–H and O–H groups in total. The maximum absolute atomic E-state index is 5.81. The average molecular weight is 452 g/mol. The van der Waals surface area contributed by atoms with E-state index in [0.717, 1.165) is 26.4 Å². The fraction of sp³-hybridized carbons (Fsp3) is 0.100. The summed E-state index contributed by atoms with van der Waals surface area (Å²) in [5, 5.41) is 19.0. The maximum Gasteiger partial charge on any atom is 0.247 e. The molecule has 0 bridgehead atoms. The summed E-state index contributed by atoms with van der Waals surface area (Å²) in [6.45, 7) is 2.09. The topological polar surface area (TPSA) is 69.1 Å². The summed E-state index contributed by atoms with van der Waals surface area (Å²) in [6, 6.07) is 18.1. The van der Waals surface area contributed by atoms with E-state index in [1.807, 2.05) is 36.4 Å². The van der Waals surface area contributed by atoms with Crippen molar-refractivity contribution in [2.24, 2.45) is 0 Å². The highest BCUT2D eigenvalue weighted by Gasteiger charge is 2.14. The van der Waals surface area contributed by atoms with E-state index >= 15 is 0 Å². The van der Waals surface area contributed by atoms with E-state index in [9.17, 15) is 0 Å². The first-order valence-corrected chi connectivity index (χ1v) is 10.4. The van der Waals surface area contributed by atoms with Crippen LogP contribution in [0, 0.1) is 6.92 Å². The second kappa shape index (κ2) is 7.03.